The van der Waals surface area contributed by atoms with Gasteiger partial charge in [-0.05, 0) is 38.0 Å². The fourth-order valence-electron chi connectivity index (χ4n) is 3.09. The van der Waals surface area contributed by atoms with E-state index in [0.29, 0.717) is 19.3 Å². The van der Waals surface area contributed by atoms with Gasteiger partial charge >= 0.3 is 0 Å². The lowest BCUT2D eigenvalue weighted by Crippen LogP contribution is -2.43. The van der Waals surface area contributed by atoms with Crippen LogP contribution in [0.2, 0.25) is 0 Å². The van der Waals surface area contributed by atoms with Gasteiger partial charge in [-0.15, -0.1) is 0 Å². The average Bonchev–Trinajstić information content (AvgIpc) is 3.10. The molecule has 2 aliphatic rings. The quantitative estimate of drug-likeness (QED) is 0.913. The van der Waals surface area contributed by atoms with Crippen LogP contribution in [0.4, 0.5) is 4.39 Å². The Hall–Kier alpha value is -1.46. The maximum atomic E-state index is 13.6. The van der Waals surface area contributed by atoms with E-state index < -0.39 is 0 Å². The minimum atomic E-state index is -0.294. The molecule has 2 heterocycles. The Morgan fingerprint density at radius 1 is 1.45 bits per heavy atom. The molecule has 1 aliphatic heterocycles. The molecular formula is C15H18FN3O. The van der Waals surface area contributed by atoms with Crippen molar-refractivity contribution in [1.82, 2.24) is 9.55 Å². The second-order valence-electron chi connectivity index (χ2n) is 6.21. The summed E-state index contributed by atoms with van der Waals surface area (Å²) in [5.41, 5.74) is 7.66. The number of fused-ring (bicyclic) bond motifs is 1. The maximum absolute atomic E-state index is 13.6. The Balaban J connectivity index is 1.97. The van der Waals surface area contributed by atoms with Gasteiger partial charge in [0.25, 0.3) is 0 Å². The zero-order valence-corrected chi connectivity index (χ0v) is 11.5. The summed E-state index contributed by atoms with van der Waals surface area (Å²) in [5, 5.41) is 0. The summed E-state index contributed by atoms with van der Waals surface area (Å²) < 4.78 is 21.3. The number of rotatable bonds is 2. The Morgan fingerprint density at radius 2 is 2.25 bits per heavy atom. The molecule has 2 N–H and O–H groups in total. The first-order valence-electron chi connectivity index (χ1n) is 7.11. The molecule has 0 amide bonds. The van der Waals surface area contributed by atoms with Crippen molar-refractivity contribution in [3.8, 4) is 0 Å². The molecule has 1 aromatic heterocycles. The van der Waals surface area contributed by atoms with E-state index in [0.717, 1.165) is 29.7 Å². The molecule has 2 fully saturated rings. The molecule has 0 radical (unpaired) electrons. The van der Waals surface area contributed by atoms with Crippen LogP contribution in [0.25, 0.3) is 11.0 Å². The molecule has 20 heavy (non-hydrogen) atoms. The van der Waals surface area contributed by atoms with Crippen molar-refractivity contribution in [1.29, 1.82) is 0 Å². The highest BCUT2D eigenvalue weighted by Gasteiger charge is 2.45. The van der Waals surface area contributed by atoms with Crippen LogP contribution in [-0.4, -0.2) is 28.8 Å². The van der Waals surface area contributed by atoms with E-state index in [4.69, 9.17) is 15.5 Å². The zero-order chi connectivity index (χ0) is 13.9. The predicted octanol–water partition coefficient (Wildman–Crippen LogP) is 2.13. The number of hydrogen-bond acceptors (Lipinski definition) is 3. The van der Waals surface area contributed by atoms with Gasteiger partial charge in [0.05, 0.1) is 29.7 Å². The molecule has 0 spiro atoms. The summed E-state index contributed by atoms with van der Waals surface area (Å²) in [6, 6.07) is 5.15. The van der Waals surface area contributed by atoms with Crippen LogP contribution >= 0.6 is 0 Å². The minimum Gasteiger partial charge on any atom is -0.379 e. The smallest absolute Gasteiger partial charge is 0.125 e. The van der Waals surface area contributed by atoms with Crippen LogP contribution in [0.3, 0.4) is 0 Å². The fraction of sp³-hybridized carbons (Fsp3) is 0.533. The van der Waals surface area contributed by atoms with Gasteiger partial charge in [-0.1, -0.05) is 0 Å². The molecule has 2 unspecified atom stereocenters. The Kier molecular flexibility index (Phi) is 2.47. The van der Waals surface area contributed by atoms with Crippen molar-refractivity contribution in [3.63, 3.8) is 0 Å². The first kappa shape index (κ1) is 12.3. The lowest BCUT2D eigenvalue weighted by atomic mass is 9.85. The van der Waals surface area contributed by atoms with Crippen LogP contribution in [0, 0.1) is 5.82 Å². The molecular weight excluding hydrogens is 257 g/mol. The molecule has 1 saturated heterocycles. The molecule has 106 valence electrons. The number of benzene rings is 1. The molecule has 1 aliphatic carbocycles. The standard InChI is InChI=1S/C15H18FN3O/c1-15(8-20-7-13(15)17)14-18-11-5-2-9(16)6-12(11)19(14)10-3-4-10/h2,5-6,10,13H,3-4,7-8,17H2,1H3. The van der Waals surface area contributed by atoms with E-state index in [1.54, 1.807) is 12.1 Å². The van der Waals surface area contributed by atoms with Gasteiger partial charge < -0.3 is 15.0 Å². The number of nitrogens with two attached hydrogens (primary N) is 1. The van der Waals surface area contributed by atoms with Gasteiger partial charge in [0.15, 0.2) is 0 Å². The summed E-state index contributed by atoms with van der Waals surface area (Å²) in [6.07, 6.45) is 2.25. The molecule has 2 aromatic rings. The molecule has 1 saturated carbocycles. The third-order valence-corrected chi connectivity index (χ3v) is 4.59. The van der Waals surface area contributed by atoms with Gasteiger partial charge in [-0.25, -0.2) is 9.37 Å². The number of hydrogen-bond donors (Lipinski definition) is 1. The molecule has 0 bridgehead atoms. The van der Waals surface area contributed by atoms with Crippen molar-refractivity contribution >= 4 is 11.0 Å². The Labute approximate surface area is 116 Å². The molecule has 4 rings (SSSR count). The lowest BCUT2D eigenvalue weighted by Gasteiger charge is -2.27. The zero-order valence-electron chi connectivity index (χ0n) is 11.5. The highest BCUT2D eigenvalue weighted by Crippen LogP contribution is 2.43. The van der Waals surface area contributed by atoms with Crippen LogP contribution in [0.15, 0.2) is 18.2 Å². The third-order valence-electron chi connectivity index (χ3n) is 4.59. The van der Waals surface area contributed by atoms with Crippen LogP contribution < -0.4 is 5.73 Å². The van der Waals surface area contributed by atoms with E-state index in [1.165, 1.54) is 6.07 Å². The molecule has 5 heteroatoms. The number of ether oxygens (including phenoxy) is 1. The maximum Gasteiger partial charge on any atom is 0.125 e. The summed E-state index contributed by atoms with van der Waals surface area (Å²) in [7, 11) is 0. The number of nitrogens with zero attached hydrogens (tertiary/aromatic N) is 2. The summed E-state index contributed by atoms with van der Waals surface area (Å²) in [6.45, 7) is 3.23. The topological polar surface area (TPSA) is 53.1 Å². The van der Waals surface area contributed by atoms with E-state index in [-0.39, 0.29) is 17.3 Å². The van der Waals surface area contributed by atoms with E-state index in [1.807, 2.05) is 0 Å². The monoisotopic (exact) mass is 275 g/mol. The van der Waals surface area contributed by atoms with Gasteiger partial charge in [-0.2, -0.15) is 0 Å². The second kappa shape index (κ2) is 4.02. The summed E-state index contributed by atoms with van der Waals surface area (Å²) in [4.78, 5) is 4.76. The largest absolute Gasteiger partial charge is 0.379 e. The van der Waals surface area contributed by atoms with Gasteiger partial charge in [-0.3, -0.25) is 0 Å². The Bertz CT molecular complexity index is 679. The lowest BCUT2D eigenvalue weighted by molar-refractivity contribution is 0.177. The SMILES string of the molecule is CC1(c2nc3ccc(F)cc3n2C2CC2)COCC1N. The highest BCUT2D eigenvalue weighted by atomic mass is 19.1. The first-order valence-corrected chi connectivity index (χ1v) is 7.11. The molecule has 2 atom stereocenters. The molecule has 4 nitrogen and oxygen atoms in total. The molecule has 1 aromatic carbocycles. The van der Waals surface area contributed by atoms with Crippen molar-refractivity contribution in [2.75, 3.05) is 13.2 Å². The summed E-state index contributed by atoms with van der Waals surface area (Å²) >= 11 is 0. The van der Waals surface area contributed by atoms with Gasteiger partial charge in [0.2, 0.25) is 0 Å². The fourth-order valence-corrected chi connectivity index (χ4v) is 3.09. The first-order chi connectivity index (χ1) is 9.59. The van der Waals surface area contributed by atoms with Crippen molar-refractivity contribution in [2.24, 2.45) is 5.73 Å². The predicted molar refractivity (Wildman–Crippen MR) is 74.1 cm³/mol. The highest BCUT2D eigenvalue weighted by molar-refractivity contribution is 5.77. The van der Waals surface area contributed by atoms with Crippen LogP contribution in [0.1, 0.15) is 31.6 Å². The number of halogens is 1. The average molecular weight is 275 g/mol. The van der Waals surface area contributed by atoms with Crippen LogP contribution in [0.5, 0.6) is 0 Å². The summed E-state index contributed by atoms with van der Waals surface area (Å²) in [5.74, 6) is 0.730. The normalized spacial score (nSPS) is 30.2. The second-order valence-corrected chi connectivity index (χ2v) is 6.21. The third kappa shape index (κ3) is 1.63. The van der Waals surface area contributed by atoms with Crippen molar-refractivity contribution in [2.45, 2.75) is 37.3 Å². The van der Waals surface area contributed by atoms with Crippen LogP contribution in [-0.2, 0) is 10.2 Å². The minimum absolute atomic E-state index is 0.0679. The van der Waals surface area contributed by atoms with Crippen molar-refractivity contribution < 1.29 is 9.13 Å². The van der Waals surface area contributed by atoms with Gasteiger partial charge in [0.1, 0.15) is 11.6 Å². The number of imidazole rings is 1. The van der Waals surface area contributed by atoms with E-state index in [9.17, 15) is 4.39 Å². The van der Waals surface area contributed by atoms with E-state index >= 15 is 0 Å². The van der Waals surface area contributed by atoms with Gasteiger partial charge in [0, 0.05) is 12.1 Å². The number of aromatic nitrogens is 2. The van der Waals surface area contributed by atoms with Crippen molar-refractivity contribution in [3.05, 3.63) is 29.8 Å². The van der Waals surface area contributed by atoms with E-state index in [2.05, 4.69) is 11.5 Å². The Morgan fingerprint density at radius 3 is 2.90 bits per heavy atom.